The maximum absolute atomic E-state index is 12.3. The fraction of sp³-hybridized carbons (Fsp3) is 0.667. The lowest BCUT2D eigenvalue weighted by Gasteiger charge is -2.31. The summed E-state index contributed by atoms with van der Waals surface area (Å²) < 4.78 is 33.2. The Hall–Kier alpha value is -1.87. The Morgan fingerprint density at radius 3 is 2.56 bits per heavy atom. The van der Waals surface area contributed by atoms with Crippen molar-refractivity contribution in [1.82, 2.24) is 14.3 Å². The number of hydrogen-bond donors (Lipinski definition) is 2. The first-order valence-electron chi connectivity index (χ1n) is 9.28. The minimum Gasteiger partial charge on any atom is -0.406 e. The first kappa shape index (κ1) is 19.9. The highest BCUT2D eigenvalue weighted by Crippen LogP contribution is 2.27. The molecule has 2 aromatic heterocycles. The third-order valence-electron chi connectivity index (χ3n) is 5.19. The smallest absolute Gasteiger partial charge is 0.406 e. The summed E-state index contributed by atoms with van der Waals surface area (Å²) in [5.41, 5.74) is 1.80. The third-order valence-corrected chi connectivity index (χ3v) is 7.45. The number of pyridine rings is 1. The molecule has 0 bridgehead atoms. The van der Waals surface area contributed by atoms with Gasteiger partial charge in [-0.05, 0) is 52.4 Å². The largest absolute Gasteiger partial charge is 0.420 e. The number of anilines is 1. The summed E-state index contributed by atoms with van der Waals surface area (Å²) in [6, 6.07) is 1.80. The van der Waals surface area contributed by atoms with Crippen molar-refractivity contribution in [1.29, 1.82) is 0 Å². The summed E-state index contributed by atoms with van der Waals surface area (Å²) in [5.74, 6) is 0.0459. The summed E-state index contributed by atoms with van der Waals surface area (Å²) in [4.78, 5) is 15.8. The number of fused-ring (bicyclic) bond motifs is 1. The molecule has 1 aliphatic rings. The van der Waals surface area contributed by atoms with E-state index in [1.807, 2.05) is 0 Å². The molecule has 9 heteroatoms. The van der Waals surface area contributed by atoms with E-state index in [0.29, 0.717) is 17.1 Å². The van der Waals surface area contributed by atoms with E-state index in [-0.39, 0.29) is 6.04 Å². The molecule has 0 amide bonds. The van der Waals surface area contributed by atoms with Gasteiger partial charge in [-0.25, -0.2) is 22.9 Å². The number of nitrogens with zero attached hydrogens (tertiary/aromatic N) is 2. The van der Waals surface area contributed by atoms with Crippen molar-refractivity contribution in [2.45, 2.75) is 57.2 Å². The van der Waals surface area contributed by atoms with Crippen LogP contribution in [0.3, 0.4) is 0 Å². The van der Waals surface area contributed by atoms with Crippen LogP contribution in [0, 0.1) is 5.92 Å². The molecule has 1 aliphatic carbocycles. The lowest BCUT2D eigenvalue weighted by molar-refractivity contribution is 0.322. The van der Waals surface area contributed by atoms with Crippen molar-refractivity contribution in [3.63, 3.8) is 0 Å². The van der Waals surface area contributed by atoms with E-state index in [1.54, 1.807) is 40.1 Å². The van der Waals surface area contributed by atoms with Crippen molar-refractivity contribution < 1.29 is 12.8 Å². The number of sulfonamides is 1. The van der Waals surface area contributed by atoms with Gasteiger partial charge in [-0.15, -0.1) is 0 Å². The zero-order chi connectivity index (χ0) is 19.8. The van der Waals surface area contributed by atoms with Gasteiger partial charge in [0.25, 0.3) is 0 Å². The second-order valence-electron chi connectivity index (χ2n) is 8.30. The quantitative estimate of drug-likeness (QED) is 0.803. The summed E-state index contributed by atoms with van der Waals surface area (Å²) in [6.45, 7) is 5.92. The molecule has 2 aromatic rings. The Bertz CT molecular complexity index is 963. The molecule has 150 valence electrons. The third kappa shape index (κ3) is 4.35. The molecular weight excluding hydrogens is 368 g/mol. The van der Waals surface area contributed by atoms with Crippen LogP contribution in [0.1, 0.15) is 46.5 Å². The lowest BCUT2D eigenvalue weighted by Crippen LogP contribution is -2.46. The Kier molecular flexibility index (Phi) is 5.36. The van der Waals surface area contributed by atoms with Crippen LogP contribution >= 0.6 is 0 Å². The van der Waals surface area contributed by atoms with Crippen molar-refractivity contribution >= 4 is 26.9 Å². The lowest BCUT2D eigenvalue weighted by atomic mass is 9.86. The molecule has 0 spiro atoms. The van der Waals surface area contributed by atoms with Crippen LogP contribution in [-0.4, -0.2) is 35.3 Å². The van der Waals surface area contributed by atoms with E-state index in [4.69, 9.17) is 4.42 Å². The highest BCUT2D eigenvalue weighted by molar-refractivity contribution is 7.90. The number of aromatic nitrogens is 2. The van der Waals surface area contributed by atoms with Crippen molar-refractivity contribution in [2.24, 2.45) is 13.0 Å². The maximum Gasteiger partial charge on any atom is 0.420 e. The Morgan fingerprint density at radius 1 is 1.26 bits per heavy atom. The molecule has 8 nitrogen and oxygen atoms in total. The highest BCUT2D eigenvalue weighted by Gasteiger charge is 2.32. The van der Waals surface area contributed by atoms with Crippen LogP contribution in [0.5, 0.6) is 0 Å². The topological polar surface area (TPSA) is 106 Å². The van der Waals surface area contributed by atoms with E-state index in [2.05, 4.69) is 15.0 Å². The first-order chi connectivity index (χ1) is 12.6. The first-order valence-corrected chi connectivity index (χ1v) is 10.8. The number of oxazole rings is 1. The van der Waals surface area contributed by atoms with Crippen molar-refractivity contribution in [2.75, 3.05) is 11.9 Å². The fourth-order valence-corrected chi connectivity index (χ4v) is 4.28. The molecule has 0 radical (unpaired) electrons. The van der Waals surface area contributed by atoms with Gasteiger partial charge in [0.2, 0.25) is 10.0 Å². The van der Waals surface area contributed by atoms with Crippen LogP contribution in [0.4, 0.5) is 5.69 Å². The van der Waals surface area contributed by atoms with E-state index < -0.39 is 20.5 Å². The second-order valence-corrected chi connectivity index (χ2v) is 10.8. The van der Waals surface area contributed by atoms with Gasteiger partial charge >= 0.3 is 5.76 Å². The van der Waals surface area contributed by atoms with Crippen LogP contribution in [0.2, 0.25) is 0 Å². The number of aryl methyl sites for hydroxylation is 1. The molecule has 0 atom stereocenters. The van der Waals surface area contributed by atoms with Gasteiger partial charge in [0.15, 0.2) is 11.2 Å². The molecular formula is C18H28N4O4S. The van der Waals surface area contributed by atoms with Gasteiger partial charge in [0, 0.05) is 25.7 Å². The van der Waals surface area contributed by atoms with E-state index in [9.17, 15) is 13.2 Å². The minimum atomic E-state index is -3.30. The van der Waals surface area contributed by atoms with Gasteiger partial charge < -0.3 is 9.73 Å². The molecule has 3 rings (SSSR count). The molecule has 0 unspecified atom stereocenters. The summed E-state index contributed by atoms with van der Waals surface area (Å²) in [5, 5.41) is 3.35. The van der Waals surface area contributed by atoms with Crippen LogP contribution in [-0.2, 0) is 17.1 Å². The van der Waals surface area contributed by atoms with Gasteiger partial charge in [-0.2, -0.15) is 0 Å². The average molecular weight is 397 g/mol. The number of hydrogen-bond acceptors (Lipinski definition) is 6. The normalized spacial score (nSPS) is 21.5. The van der Waals surface area contributed by atoms with Crippen molar-refractivity contribution in [3.05, 3.63) is 22.8 Å². The predicted molar refractivity (Wildman–Crippen MR) is 105 cm³/mol. The van der Waals surface area contributed by atoms with Crippen LogP contribution in [0.25, 0.3) is 11.2 Å². The van der Waals surface area contributed by atoms with Gasteiger partial charge in [-0.1, -0.05) is 0 Å². The Morgan fingerprint density at radius 2 is 1.93 bits per heavy atom. The Labute approximate surface area is 159 Å². The van der Waals surface area contributed by atoms with E-state index in [0.717, 1.165) is 37.9 Å². The number of rotatable bonds is 5. The SMILES string of the molecule is Cn1c(=O)oc2cc(NC[C@H]3CC[C@H](NS(=O)(=O)C(C)(C)C)CC3)cnc21. The van der Waals surface area contributed by atoms with Gasteiger partial charge in [0.1, 0.15) is 0 Å². The zero-order valence-electron chi connectivity index (χ0n) is 16.3. The average Bonchev–Trinajstić information content (AvgIpc) is 2.87. The second kappa shape index (κ2) is 7.27. The molecule has 0 aromatic carbocycles. The van der Waals surface area contributed by atoms with Gasteiger partial charge in [-0.3, -0.25) is 4.57 Å². The minimum absolute atomic E-state index is 0.0158. The number of nitrogens with one attached hydrogen (secondary N) is 2. The summed E-state index contributed by atoms with van der Waals surface area (Å²) in [7, 11) is -1.68. The predicted octanol–water partition coefficient (Wildman–Crippen LogP) is 2.22. The zero-order valence-corrected chi connectivity index (χ0v) is 17.1. The molecule has 0 aliphatic heterocycles. The summed E-state index contributed by atoms with van der Waals surface area (Å²) >= 11 is 0. The Balaban J connectivity index is 1.52. The molecule has 1 fully saturated rings. The monoisotopic (exact) mass is 396 g/mol. The molecule has 2 N–H and O–H groups in total. The maximum atomic E-state index is 12.3. The van der Waals surface area contributed by atoms with Crippen LogP contribution in [0.15, 0.2) is 21.5 Å². The van der Waals surface area contributed by atoms with Crippen LogP contribution < -0.4 is 15.8 Å². The molecule has 27 heavy (non-hydrogen) atoms. The molecule has 1 saturated carbocycles. The van der Waals surface area contributed by atoms with E-state index >= 15 is 0 Å². The fourth-order valence-electron chi connectivity index (χ4n) is 3.25. The highest BCUT2D eigenvalue weighted by atomic mass is 32.2. The van der Waals surface area contributed by atoms with Gasteiger partial charge in [0.05, 0.1) is 16.6 Å². The standard InChI is InChI=1S/C18H28N4O4S/c1-18(2,3)27(24,25)21-13-7-5-12(6-8-13)10-19-14-9-15-16(20-11-14)22(4)17(23)26-15/h9,11-13,19,21H,5-8,10H2,1-4H3/t12-,13-. The molecule has 0 saturated heterocycles. The summed E-state index contributed by atoms with van der Waals surface area (Å²) in [6.07, 6.45) is 5.29. The molecule has 2 heterocycles. The van der Waals surface area contributed by atoms with Crippen molar-refractivity contribution in [3.8, 4) is 0 Å². The van der Waals surface area contributed by atoms with E-state index in [1.165, 1.54) is 4.57 Å².